The summed E-state index contributed by atoms with van der Waals surface area (Å²) in [6, 6.07) is 133. The van der Waals surface area contributed by atoms with Crippen molar-refractivity contribution in [2.75, 3.05) is 0 Å². The summed E-state index contributed by atoms with van der Waals surface area (Å²) in [5, 5.41) is 25.0. The third-order valence-corrected chi connectivity index (χ3v) is 23.7. The summed E-state index contributed by atoms with van der Waals surface area (Å²) in [7, 11) is 0. The van der Waals surface area contributed by atoms with E-state index in [-0.39, 0.29) is 0 Å². The third-order valence-electron chi connectivity index (χ3n) is 22.5. The number of hydrogen-bond donors (Lipinski definition) is 0. The predicted octanol–water partition coefficient (Wildman–Crippen LogP) is 28.0. The van der Waals surface area contributed by atoms with Crippen LogP contribution in [-0.4, -0.2) is 18.3 Å². The first-order valence-corrected chi connectivity index (χ1v) is 37.2. The van der Waals surface area contributed by atoms with Crippen molar-refractivity contribution in [1.82, 2.24) is 18.3 Å². The number of furan rings is 1. The maximum absolute atomic E-state index is 6.58. The molecule has 0 fully saturated rings. The summed E-state index contributed by atoms with van der Waals surface area (Å²) in [6.45, 7) is 0. The first kappa shape index (κ1) is 58.8. The Hall–Kier alpha value is -13.8. The van der Waals surface area contributed by atoms with Crippen molar-refractivity contribution in [1.29, 1.82) is 0 Å². The Kier molecular flexibility index (Phi) is 12.7. The molecule has 492 valence electrons. The minimum absolute atomic E-state index is 0.903. The van der Waals surface area contributed by atoms with Crippen LogP contribution in [0.15, 0.2) is 368 Å². The molecule has 24 aromatic rings. The molecule has 6 heteroatoms. The maximum atomic E-state index is 6.58. The second-order valence-corrected chi connectivity index (χ2v) is 29.2. The molecule has 0 saturated carbocycles. The summed E-state index contributed by atoms with van der Waals surface area (Å²) < 4.78 is 19.1. The van der Waals surface area contributed by atoms with E-state index in [0.29, 0.717) is 0 Å². The number of benzene rings is 18. The molecule has 0 N–H and O–H groups in total. The summed E-state index contributed by atoms with van der Waals surface area (Å²) in [6.07, 6.45) is 0. The third kappa shape index (κ3) is 8.65. The van der Waals surface area contributed by atoms with Gasteiger partial charge in [-0.2, -0.15) is 0 Å². The van der Waals surface area contributed by atoms with E-state index in [1.807, 2.05) is 11.3 Å². The molecule has 0 amide bonds. The van der Waals surface area contributed by atoms with E-state index in [2.05, 4.69) is 382 Å². The van der Waals surface area contributed by atoms with Crippen molar-refractivity contribution in [2.24, 2.45) is 0 Å². The zero-order valence-corrected chi connectivity index (χ0v) is 58.1. The second-order valence-electron chi connectivity index (χ2n) is 28.2. The van der Waals surface area contributed by atoms with Crippen molar-refractivity contribution < 1.29 is 4.42 Å². The topological polar surface area (TPSA) is 32.9 Å². The van der Waals surface area contributed by atoms with Crippen molar-refractivity contribution in [3.8, 4) is 45.0 Å². The van der Waals surface area contributed by atoms with Crippen LogP contribution in [-0.2, 0) is 0 Å². The zero-order chi connectivity index (χ0) is 69.2. The average Bonchev–Trinajstić information content (AvgIpc) is 1.56. The van der Waals surface area contributed by atoms with E-state index in [4.69, 9.17) is 4.42 Å². The Bertz CT molecular complexity index is 7830. The summed E-state index contributed by atoms with van der Waals surface area (Å²) in [4.78, 5) is 0. The fraction of sp³-hybridized carbons (Fsp3) is 0. The average molecular weight is 1370 g/mol. The molecule has 0 aliphatic carbocycles. The molecular weight excluding hydrogens is 1310 g/mol. The van der Waals surface area contributed by atoms with Gasteiger partial charge in [0.15, 0.2) is 0 Å². The van der Waals surface area contributed by atoms with Crippen molar-refractivity contribution >= 4 is 184 Å². The Balaban J connectivity index is 0.000000129. The normalized spacial score (nSPS) is 12.2. The smallest absolute Gasteiger partial charge is 0.143 e. The standard InChI is InChI=1S/C50H30N2O.C50H30N2S/c1-2-15-34(16-3-1)51-44-27-25-31-12-4-6-18-36(31)48(44)42-29-41-39-20-8-9-22-43(39)52(45(41)30-46(42)51)35-17-10-14-33(28-35)37-21-11-23-47-49(37)40-26-24-32-13-5-7-19-38(32)50(40)53-47;1-2-16-34(17-3-1)51-44-26-25-31-13-4-6-19-36(31)48(44)42-29-41-38-21-8-10-23-43(38)52(45(41)30-46(42)51)35-18-12-15-32(27-35)40-28-33-14-5-7-20-37(33)50-49(40)39-22-9-11-24-47(39)53-50/h2*1-30H. The van der Waals surface area contributed by atoms with Gasteiger partial charge in [0.1, 0.15) is 11.2 Å². The minimum atomic E-state index is 0.903. The van der Waals surface area contributed by atoms with Crippen molar-refractivity contribution in [3.05, 3.63) is 364 Å². The molecule has 5 nitrogen and oxygen atoms in total. The fourth-order valence-corrected chi connectivity index (χ4v) is 19.2. The Morgan fingerprint density at radius 1 is 0.208 bits per heavy atom. The van der Waals surface area contributed by atoms with E-state index in [9.17, 15) is 0 Å². The van der Waals surface area contributed by atoms with Crippen LogP contribution in [0, 0.1) is 0 Å². The van der Waals surface area contributed by atoms with Crippen LogP contribution in [0.2, 0.25) is 0 Å². The molecule has 0 aliphatic rings. The maximum Gasteiger partial charge on any atom is 0.143 e. The van der Waals surface area contributed by atoms with Crippen LogP contribution in [0.25, 0.3) is 217 Å². The molecular formula is C100H60N4OS. The summed E-state index contributed by atoms with van der Waals surface area (Å²) >= 11 is 1.90. The van der Waals surface area contributed by atoms with Gasteiger partial charge in [0, 0.05) is 102 Å². The van der Waals surface area contributed by atoms with Gasteiger partial charge in [-0.3, -0.25) is 0 Å². The Morgan fingerprint density at radius 3 is 1.23 bits per heavy atom. The largest absolute Gasteiger partial charge is 0.455 e. The second kappa shape index (κ2) is 22.9. The Labute approximate surface area is 611 Å². The van der Waals surface area contributed by atoms with Gasteiger partial charge in [-0.1, -0.05) is 243 Å². The van der Waals surface area contributed by atoms with E-state index < -0.39 is 0 Å². The molecule has 0 atom stereocenters. The first-order valence-electron chi connectivity index (χ1n) is 36.4. The number of nitrogens with zero attached hydrogens (tertiary/aromatic N) is 4. The van der Waals surface area contributed by atoms with Crippen LogP contribution in [0.5, 0.6) is 0 Å². The number of hydrogen-bond acceptors (Lipinski definition) is 2. The number of aromatic nitrogens is 4. The molecule has 18 aromatic carbocycles. The van der Waals surface area contributed by atoms with E-state index >= 15 is 0 Å². The van der Waals surface area contributed by atoms with Gasteiger partial charge in [0.2, 0.25) is 0 Å². The van der Waals surface area contributed by atoms with Crippen LogP contribution < -0.4 is 0 Å². The lowest BCUT2D eigenvalue weighted by atomic mass is 9.95. The van der Waals surface area contributed by atoms with Crippen LogP contribution in [0.1, 0.15) is 0 Å². The van der Waals surface area contributed by atoms with Crippen molar-refractivity contribution in [2.45, 2.75) is 0 Å². The van der Waals surface area contributed by atoms with E-state index in [1.54, 1.807) is 0 Å². The number of fused-ring (bicyclic) bond motifs is 26. The molecule has 0 bridgehead atoms. The SMILES string of the molecule is c1ccc(-n2c3cc4c(cc3c3c5ccccc5ccc32)c2ccccc2n4-c2cccc(-c3cc4ccccc4c4sc5ccccc5c34)c2)cc1.c1ccc(-n2c3cc4c(cc3c3c5ccccc5ccc32)c2ccccc2n4-c2cccc(-c3cccc4oc5c6ccccc6ccc5c34)c2)cc1. The van der Waals surface area contributed by atoms with Gasteiger partial charge in [0.25, 0.3) is 0 Å². The van der Waals surface area contributed by atoms with Crippen molar-refractivity contribution in [3.63, 3.8) is 0 Å². The lowest BCUT2D eigenvalue weighted by Gasteiger charge is -2.13. The molecule has 0 unspecified atom stereocenters. The highest BCUT2D eigenvalue weighted by Gasteiger charge is 2.25. The number of para-hydroxylation sites is 4. The highest BCUT2D eigenvalue weighted by atomic mass is 32.1. The fourth-order valence-electron chi connectivity index (χ4n) is 18.0. The van der Waals surface area contributed by atoms with Crippen LogP contribution >= 0.6 is 11.3 Å². The molecule has 6 heterocycles. The summed E-state index contributed by atoms with van der Waals surface area (Å²) in [5.74, 6) is 0. The summed E-state index contributed by atoms with van der Waals surface area (Å²) in [5.41, 5.74) is 20.8. The predicted molar refractivity (Wildman–Crippen MR) is 451 cm³/mol. The zero-order valence-electron chi connectivity index (χ0n) is 57.2. The van der Waals surface area contributed by atoms with E-state index in [1.165, 1.54) is 156 Å². The number of thiophene rings is 1. The van der Waals surface area contributed by atoms with Gasteiger partial charge in [0.05, 0.1) is 44.1 Å². The van der Waals surface area contributed by atoms with Gasteiger partial charge in [-0.15, -0.1) is 11.3 Å². The monoisotopic (exact) mass is 1360 g/mol. The Morgan fingerprint density at radius 2 is 0.642 bits per heavy atom. The van der Waals surface area contributed by atoms with Gasteiger partial charge in [-0.25, -0.2) is 0 Å². The lowest BCUT2D eigenvalue weighted by molar-refractivity contribution is 0.673. The highest BCUT2D eigenvalue weighted by Crippen LogP contribution is 2.49. The minimum Gasteiger partial charge on any atom is -0.455 e. The highest BCUT2D eigenvalue weighted by molar-refractivity contribution is 7.26. The van der Waals surface area contributed by atoms with E-state index in [0.717, 1.165) is 61.2 Å². The van der Waals surface area contributed by atoms with Gasteiger partial charge in [-0.05, 0) is 181 Å². The molecule has 0 saturated heterocycles. The van der Waals surface area contributed by atoms with Crippen LogP contribution in [0.4, 0.5) is 0 Å². The molecule has 0 aliphatic heterocycles. The molecule has 24 rings (SSSR count). The molecule has 106 heavy (non-hydrogen) atoms. The number of rotatable bonds is 6. The first-order chi connectivity index (χ1) is 52.6. The van der Waals surface area contributed by atoms with Gasteiger partial charge >= 0.3 is 0 Å². The van der Waals surface area contributed by atoms with Crippen LogP contribution in [0.3, 0.4) is 0 Å². The molecule has 6 aromatic heterocycles. The molecule has 0 radical (unpaired) electrons. The lowest BCUT2D eigenvalue weighted by Crippen LogP contribution is -1.96. The van der Waals surface area contributed by atoms with Gasteiger partial charge < -0.3 is 22.7 Å². The quantitative estimate of drug-likeness (QED) is 0.163. The molecule has 0 spiro atoms.